The largest absolute Gasteiger partial charge is 0.344 e. The molecule has 0 aliphatic carbocycles. The van der Waals surface area contributed by atoms with Crippen LogP contribution in [0.5, 0.6) is 0 Å². The lowest BCUT2D eigenvalue weighted by molar-refractivity contribution is 0.0939. The third-order valence-corrected chi connectivity index (χ3v) is 5.46. The standard InChI is InChI=1S/C17H21N3O3S/c1-11-9-14(10-16(12(11)2)24(22,23)18-4)17(21)20-13(3)15-7-5-6-8-19-15/h5-10,13,18H,1-4H3,(H,20,21). The Hall–Kier alpha value is -2.25. The molecule has 0 fully saturated rings. The molecule has 2 N–H and O–H groups in total. The summed E-state index contributed by atoms with van der Waals surface area (Å²) in [5, 5.41) is 2.84. The monoisotopic (exact) mass is 347 g/mol. The number of hydrogen-bond acceptors (Lipinski definition) is 4. The molecule has 2 aromatic rings. The molecule has 0 aliphatic heterocycles. The van der Waals surface area contributed by atoms with Gasteiger partial charge in [0.25, 0.3) is 5.91 Å². The molecule has 6 nitrogen and oxygen atoms in total. The third-order valence-electron chi connectivity index (χ3n) is 3.92. The lowest BCUT2D eigenvalue weighted by Crippen LogP contribution is -2.28. The smallest absolute Gasteiger partial charge is 0.251 e. The van der Waals surface area contributed by atoms with Crippen molar-refractivity contribution in [1.82, 2.24) is 15.0 Å². The van der Waals surface area contributed by atoms with Crippen LogP contribution in [0.4, 0.5) is 0 Å². The summed E-state index contributed by atoms with van der Waals surface area (Å²) in [4.78, 5) is 16.8. The van der Waals surface area contributed by atoms with Crippen LogP contribution in [0.25, 0.3) is 0 Å². The number of pyridine rings is 1. The van der Waals surface area contributed by atoms with Crippen LogP contribution < -0.4 is 10.0 Å². The number of carbonyl (C=O) groups is 1. The second-order valence-corrected chi connectivity index (χ2v) is 7.43. The van der Waals surface area contributed by atoms with Gasteiger partial charge < -0.3 is 5.32 Å². The van der Waals surface area contributed by atoms with Crippen LogP contribution in [0.1, 0.15) is 40.1 Å². The Labute approximate surface area is 142 Å². The van der Waals surface area contributed by atoms with E-state index in [9.17, 15) is 13.2 Å². The van der Waals surface area contributed by atoms with E-state index in [0.29, 0.717) is 11.1 Å². The zero-order valence-electron chi connectivity index (χ0n) is 14.1. The quantitative estimate of drug-likeness (QED) is 0.867. The fourth-order valence-electron chi connectivity index (χ4n) is 2.33. The summed E-state index contributed by atoms with van der Waals surface area (Å²) >= 11 is 0. The van der Waals surface area contributed by atoms with Gasteiger partial charge in [0, 0.05) is 11.8 Å². The van der Waals surface area contributed by atoms with E-state index in [4.69, 9.17) is 0 Å². The highest BCUT2D eigenvalue weighted by Gasteiger charge is 2.20. The van der Waals surface area contributed by atoms with Crippen molar-refractivity contribution >= 4 is 15.9 Å². The molecule has 0 radical (unpaired) electrons. The van der Waals surface area contributed by atoms with E-state index in [2.05, 4.69) is 15.0 Å². The Balaban J connectivity index is 2.34. The Morgan fingerprint density at radius 1 is 1.21 bits per heavy atom. The van der Waals surface area contributed by atoms with Crippen molar-refractivity contribution in [3.05, 3.63) is 58.9 Å². The number of carbonyl (C=O) groups excluding carboxylic acids is 1. The van der Waals surface area contributed by atoms with Crippen LogP contribution in [-0.2, 0) is 10.0 Å². The number of aromatic nitrogens is 1. The Bertz CT molecular complexity index is 849. The molecule has 1 aromatic carbocycles. The number of nitrogens with one attached hydrogen (secondary N) is 2. The first-order chi connectivity index (χ1) is 11.3. The normalized spacial score (nSPS) is 12.7. The fourth-order valence-corrected chi connectivity index (χ4v) is 3.40. The van der Waals surface area contributed by atoms with Gasteiger partial charge >= 0.3 is 0 Å². The summed E-state index contributed by atoms with van der Waals surface area (Å²) in [6.07, 6.45) is 1.66. The molecule has 1 aromatic heterocycles. The van der Waals surface area contributed by atoms with Gasteiger partial charge in [0.15, 0.2) is 0 Å². The summed E-state index contributed by atoms with van der Waals surface area (Å²) in [5.41, 5.74) is 2.40. The number of hydrogen-bond donors (Lipinski definition) is 2. The van der Waals surface area contributed by atoms with Crippen molar-refractivity contribution in [2.45, 2.75) is 31.7 Å². The van der Waals surface area contributed by atoms with E-state index in [0.717, 1.165) is 11.3 Å². The third kappa shape index (κ3) is 3.80. The molecule has 0 saturated carbocycles. The highest BCUT2D eigenvalue weighted by molar-refractivity contribution is 7.89. The van der Waals surface area contributed by atoms with Crippen molar-refractivity contribution in [3.63, 3.8) is 0 Å². The SMILES string of the molecule is CNS(=O)(=O)c1cc(C(=O)NC(C)c2ccccn2)cc(C)c1C. The van der Waals surface area contributed by atoms with E-state index in [-0.39, 0.29) is 16.8 Å². The summed E-state index contributed by atoms with van der Waals surface area (Å²) in [5.74, 6) is -0.344. The fraction of sp³-hybridized carbons (Fsp3) is 0.294. The number of benzene rings is 1. The molecule has 7 heteroatoms. The zero-order valence-corrected chi connectivity index (χ0v) is 14.9. The molecule has 1 heterocycles. The number of amides is 1. The molecule has 1 unspecified atom stereocenters. The molecule has 1 amide bonds. The minimum Gasteiger partial charge on any atom is -0.344 e. The van der Waals surface area contributed by atoms with Crippen LogP contribution in [0.15, 0.2) is 41.4 Å². The summed E-state index contributed by atoms with van der Waals surface area (Å²) < 4.78 is 26.6. The van der Waals surface area contributed by atoms with Crippen molar-refractivity contribution in [2.24, 2.45) is 0 Å². The first-order valence-electron chi connectivity index (χ1n) is 7.53. The Kier molecular flexibility index (Phi) is 5.36. The van der Waals surface area contributed by atoms with Gasteiger partial charge in [-0.05, 0) is 63.2 Å². The second-order valence-electron chi connectivity index (χ2n) is 5.57. The van der Waals surface area contributed by atoms with Crippen LogP contribution in [0.2, 0.25) is 0 Å². The highest BCUT2D eigenvalue weighted by atomic mass is 32.2. The van der Waals surface area contributed by atoms with Crippen LogP contribution in [0, 0.1) is 13.8 Å². The van der Waals surface area contributed by atoms with Gasteiger partial charge in [-0.1, -0.05) is 6.07 Å². The van der Waals surface area contributed by atoms with E-state index >= 15 is 0 Å². The van der Waals surface area contributed by atoms with Gasteiger partial charge in [-0.15, -0.1) is 0 Å². The maximum atomic E-state index is 12.5. The number of rotatable bonds is 5. The molecule has 0 aliphatic rings. The molecular weight excluding hydrogens is 326 g/mol. The summed E-state index contributed by atoms with van der Waals surface area (Å²) in [7, 11) is -2.28. The molecular formula is C17H21N3O3S. The number of aryl methyl sites for hydroxylation is 1. The highest BCUT2D eigenvalue weighted by Crippen LogP contribution is 2.21. The van der Waals surface area contributed by atoms with Gasteiger partial charge in [-0.3, -0.25) is 9.78 Å². The van der Waals surface area contributed by atoms with E-state index in [1.807, 2.05) is 19.1 Å². The average molecular weight is 347 g/mol. The molecule has 0 saturated heterocycles. The molecule has 0 bridgehead atoms. The van der Waals surface area contributed by atoms with Crippen molar-refractivity contribution in [3.8, 4) is 0 Å². The first-order valence-corrected chi connectivity index (χ1v) is 9.01. The van der Waals surface area contributed by atoms with Gasteiger partial charge in [0.05, 0.1) is 16.6 Å². The topological polar surface area (TPSA) is 88.2 Å². The average Bonchev–Trinajstić information content (AvgIpc) is 2.57. The van der Waals surface area contributed by atoms with Crippen LogP contribution >= 0.6 is 0 Å². The number of sulfonamides is 1. The molecule has 0 spiro atoms. The minimum absolute atomic E-state index is 0.112. The van der Waals surface area contributed by atoms with Gasteiger partial charge in [0.2, 0.25) is 10.0 Å². The molecule has 2 rings (SSSR count). The summed E-state index contributed by atoms with van der Waals surface area (Å²) in [6.45, 7) is 5.33. The van der Waals surface area contributed by atoms with E-state index in [1.165, 1.54) is 13.1 Å². The maximum absolute atomic E-state index is 12.5. The van der Waals surface area contributed by atoms with Crippen LogP contribution in [-0.4, -0.2) is 26.4 Å². The lowest BCUT2D eigenvalue weighted by atomic mass is 10.1. The predicted octanol–water partition coefficient (Wildman–Crippen LogP) is 2.10. The van der Waals surface area contributed by atoms with Crippen molar-refractivity contribution < 1.29 is 13.2 Å². The van der Waals surface area contributed by atoms with E-state index in [1.54, 1.807) is 32.2 Å². The Morgan fingerprint density at radius 3 is 2.50 bits per heavy atom. The lowest BCUT2D eigenvalue weighted by Gasteiger charge is -2.15. The summed E-state index contributed by atoms with van der Waals surface area (Å²) in [6, 6.07) is 8.26. The Morgan fingerprint density at radius 2 is 1.92 bits per heavy atom. The van der Waals surface area contributed by atoms with Gasteiger partial charge in [0.1, 0.15) is 0 Å². The molecule has 1 atom stereocenters. The first kappa shape index (κ1) is 18.1. The van der Waals surface area contributed by atoms with E-state index < -0.39 is 10.0 Å². The van der Waals surface area contributed by atoms with Gasteiger partial charge in [-0.2, -0.15) is 0 Å². The zero-order chi connectivity index (χ0) is 17.9. The molecule has 24 heavy (non-hydrogen) atoms. The van der Waals surface area contributed by atoms with Crippen molar-refractivity contribution in [2.75, 3.05) is 7.05 Å². The van der Waals surface area contributed by atoms with Gasteiger partial charge in [-0.25, -0.2) is 13.1 Å². The maximum Gasteiger partial charge on any atom is 0.251 e. The minimum atomic E-state index is -3.63. The van der Waals surface area contributed by atoms with Crippen LogP contribution in [0.3, 0.4) is 0 Å². The second kappa shape index (κ2) is 7.11. The van der Waals surface area contributed by atoms with Crippen molar-refractivity contribution in [1.29, 1.82) is 0 Å². The number of nitrogens with zero attached hydrogens (tertiary/aromatic N) is 1. The molecule has 128 valence electrons. The predicted molar refractivity (Wildman–Crippen MR) is 92.3 cm³/mol.